The normalized spacial score (nSPS) is 11.3. The molecule has 0 spiro atoms. The molecule has 0 aromatic heterocycles. The smallest absolute Gasteiger partial charge is 0.254 e. The van der Waals surface area contributed by atoms with Gasteiger partial charge in [0.25, 0.3) is 5.91 Å². The Morgan fingerprint density at radius 2 is 1.18 bits per heavy atom. The third-order valence-electron chi connectivity index (χ3n) is 6.81. The van der Waals surface area contributed by atoms with Crippen molar-refractivity contribution < 1.29 is 14.3 Å². The van der Waals surface area contributed by atoms with Crippen molar-refractivity contribution in [2.24, 2.45) is 0 Å². The molecular formula is C33H53N3O3. The molecule has 0 aliphatic carbocycles. The number of carbonyl (C=O) groups excluding carboxylic acids is 1. The maximum Gasteiger partial charge on any atom is 0.254 e. The van der Waals surface area contributed by atoms with E-state index in [-0.39, 0.29) is 5.91 Å². The van der Waals surface area contributed by atoms with Gasteiger partial charge in [0.2, 0.25) is 0 Å². The van der Waals surface area contributed by atoms with Gasteiger partial charge in [0.15, 0.2) is 0 Å². The van der Waals surface area contributed by atoms with E-state index in [2.05, 4.69) is 56.8 Å². The Morgan fingerprint density at radius 3 is 1.72 bits per heavy atom. The standard InChI is InChI=1S/C33H53N3O3/c1-6-9-22-35(23-10-7-2)24-25-36(33(37)30-15-19-32(20-16-30)38-26-11-8-3)28-29-13-17-31(18-14-29)39-27-12-21-34(4)5/h13-20H,6-12,21-28H2,1-5H3. The minimum atomic E-state index is 0.0602. The van der Waals surface area contributed by atoms with Gasteiger partial charge in [0.05, 0.1) is 13.2 Å². The van der Waals surface area contributed by atoms with Crippen LogP contribution in [-0.2, 0) is 6.54 Å². The topological polar surface area (TPSA) is 45.3 Å². The molecule has 0 fully saturated rings. The lowest BCUT2D eigenvalue weighted by molar-refractivity contribution is 0.0720. The predicted octanol–water partition coefficient (Wildman–Crippen LogP) is 6.74. The van der Waals surface area contributed by atoms with Crippen LogP contribution in [0.1, 0.15) is 81.6 Å². The summed E-state index contributed by atoms with van der Waals surface area (Å²) in [5.41, 5.74) is 1.81. The van der Waals surface area contributed by atoms with Crippen LogP contribution < -0.4 is 9.47 Å². The van der Waals surface area contributed by atoms with E-state index in [9.17, 15) is 4.79 Å². The lowest BCUT2D eigenvalue weighted by Crippen LogP contribution is -2.39. The van der Waals surface area contributed by atoms with E-state index in [1.54, 1.807) is 0 Å². The fraction of sp³-hybridized carbons (Fsp3) is 0.606. The van der Waals surface area contributed by atoms with Crippen molar-refractivity contribution in [2.75, 3.05) is 60.0 Å². The summed E-state index contributed by atoms with van der Waals surface area (Å²) in [6.45, 7) is 13.4. The SMILES string of the molecule is CCCCOc1ccc(C(=O)N(CCN(CCCC)CCCC)Cc2ccc(OCCCN(C)C)cc2)cc1. The van der Waals surface area contributed by atoms with Crippen LogP contribution in [0, 0.1) is 0 Å². The van der Waals surface area contributed by atoms with Crippen molar-refractivity contribution in [3.05, 3.63) is 59.7 Å². The van der Waals surface area contributed by atoms with Gasteiger partial charge >= 0.3 is 0 Å². The van der Waals surface area contributed by atoms with Gasteiger partial charge in [-0.1, -0.05) is 52.2 Å². The minimum absolute atomic E-state index is 0.0602. The van der Waals surface area contributed by atoms with Crippen LogP contribution in [-0.4, -0.2) is 80.6 Å². The Labute approximate surface area is 238 Å². The van der Waals surface area contributed by atoms with Gasteiger partial charge in [-0.05, 0) is 94.8 Å². The van der Waals surface area contributed by atoms with Crippen molar-refractivity contribution in [3.63, 3.8) is 0 Å². The van der Waals surface area contributed by atoms with Crippen molar-refractivity contribution in [3.8, 4) is 11.5 Å². The maximum absolute atomic E-state index is 13.7. The molecule has 2 aromatic carbocycles. The Bertz CT molecular complexity index is 891. The van der Waals surface area contributed by atoms with Crippen LogP contribution in [0.4, 0.5) is 0 Å². The monoisotopic (exact) mass is 539 g/mol. The second-order valence-corrected chi connectivity index (χ2v) is 10.7. The first-order chi connectivity index (χ1) is 19.0. The molecule has 0 atom stereocenters. The molecule has 0 radical (unpaired) electrons. The summed E-state index contributed by atoms with van der Waals surface area (Å²) in [5, 5.41) is 0. The molecule has 0 heterocycles. The number of amides is 1. The highest BCUT2D eigenvalue weighted by atomic mass is 16.5. The minimum Gasteiger partial charge on any atom is -0.494 e. The number of hydrogen-bond acceptors (Lipinski definition) is 5. The third-order valence-corrected chi connectivity index (χ3v) is 6.81. The molecule has 0 unspecified atom stereocenters. The zero-order valence-electron chi connectivity index (χ0n) is 25.3. The average Bonchev–Trinajstić information content (AvgIpc) is 2.95. The molecule has 0 bridgehead atoms. The summed E-state index contributed by atoms with van der Waals surface area (Å²) in [7, 11) is 4.15. The highest BCUT2D eigenvalue weighted by Gasteiger charge is 2.18. The number of hydrogen-bond donors (Lipinski definition) is 0. The first-order valence-corrected chi connectivity index (χ1v) is 15.1. The van der Waals surface area contributed by atoms with Gasteiger partial charge in [-0.3, -0.25) is 4.79 Å². The van der Waals surface area contributed by atoms with Crippen molar-refractivity contribution in [1.29, 1.82) is 0 Å². The number of carbonyl (C=O) groups is 1. The van der Waals surface area contributed by atoms with E-state index < -0.39 is 0 Å². The Kier molecular flexibility index (Phi) is 16.3. The number of ether oxygens (including phenoxy) is 2. The van der Waals surface area contributed by atoms with Gasteiger partial charge in [0, 0.05) is 31.7 Å². The molecule has 0 saturated carbocycles. The zero-order valence-corrected chi connectivity index (χ0v) is 25.3. The quantitative estimate of drug-likeness (QED) is 0.164. The number of benzene rings is 2. The van der Waals surface area contributed by atoms with Crippen LogP contribution in [0.25, 0.3) is 0 Å². The van der Waals surface area contributed by atoms with Crippen LogP contribution in [0.15, 0.2) is 48.5 Å². The molecule has 2 rings (SSSR count). The zero-order chi connectivity index (χ0) is 28.3. The second kappa shape index (κ2) is 19.5. The Hall–Kier alpha value is -2.57. The number of nitrogens with zero attached hydrogens (tertiary/aromatic N) is 3. The molecule has 0 N–H and O–H groups in total. The second-order valence-electron chi connectivity index (χ2n) is 10.7. The first-order valence-electron chi connectivity index (χ1n) is 15.1. The Morgan fingerprint density at radius 1 is 0.641 bits per heavy atom. The molecule has 6 nitrogen and oxygen atoms in total. The van der Waals surface area contributed by atoms with Crippen LogP contribution >= 0.6 is 0 Å². The van der Waals surface area contributed by atoms with Crippen LogP contribution in [0.5, 0.6) is 11.5 Å². The van der Waals surface area contributed by atoms with Gasteiger partial charge in [-0.2, -0.15) is 0 Å². The third kappa shape index (κ3) is 13.4. The fourth-order valence-corrected chi connectivity index (χ4v) is 4.31. The summed E-state index contributed by atoms with van der Waals surface area (Å²) in [6.07, 6.45) is 7.86. The highest BCUT2D eigenvalue weighted by Crippen LogP contribution is 2.18. The van der Waals surface area contributed by atoms with Crippen LogP contribution in [0.2, 0.25) is 0 Å². The Balaban J connectivity index is 2.09. The maximum atomic E-state index is 13.7. The molecule has 0 aliphatic rings. The average molecular weight is 540 g/mol. The van der Waals surface area contributed by atoms with E-state index in [4.69, 9.17) is 9.47 Å². The molecule has 1 amide bonds. The molecule has 0 aliphatic heterocycles. The van der Waals surface area contributed by atoms with E-state index in [1.807, 2.05) is 41.3 Å². The summed E-state index contributed by atoms with van der Waals surface area (Å²) in [4.78, 5) is 20.4. The lowest BCUT2D eigenvalue weighted by Gasteiger charge is -2.28. The fourth-order valence-electron chi connectivity index (χ4n) is 4.31. The van der Waals surface area contributed by atoms with Crippen LogP contribution in [0.3, 0.4) is 0 Å². The summed E-state index contributed by atoms with van der Waals surface area (Å²) in [6, 6.07) is 15.8. The van der Waals surface area contributed by atoms with Crippen molar-refractivity contribution in [2.45, 2.75) is 72.3 Å². The summed E-state index contributed by atoms with van der Waals surface area (Å²) < 4.78 is 11.7. The van der Waals surface area contributed by atoms with Gasteiger partial charge in [-0.15, -0.1) is 0 Å². The van der Waals surface area contributed by atoms with Crippen molar-refractivity contribution >= 4 is 5.91 Å². The first kappa shape index (κ1) is 32.6. The molecule has 6 heteroatoms. The van der Waals surface area contributed by atoms with Gasteiger partial charge in [-0.25, -0.2) is 0 Å². The van der Waals surface area contributed by atoms with E-state index in [1.165, 1.54) is 25.7 Å². The highest BCUT2D eigenvalue weighted by molar-refractivity contribution is 5.94. The van der Waals surface area contributed by atoms with Crippen molar-refractivity contribution in [1.82, 2.24) is 14.7 Å². The molecule has 0 saturated heterocycles. The lowest BCUT2D eigenvalue weighted by atomic mass is 10.1. The molecule has 218 valence electrons. The van der Waals surface area contributed by atoms with E-state index in [0.717, 1.165) is 62.5 Å². The number of rotatable bonds is 21. The molecular weight excluding hydrogens is 486 g/mol. The predicted molar refractivity (Wildman–Crippen MR) is 163 cm³/mol. The molecule has 2 aromatic rings. The summed E-state index contributed by atoms with van der Waals surface area (Å²) >= 11 is 0. The van der Waals surface area contributed by atoms with Gasteiger partial charge in [0.1, 0.15) is 11.5 Å². The van der Waals surface area contributed by atoms with E-state index >= 15 is 0 Å². The summed E-state index contributed by atoms with van der Waals surface area (Å²) in [5.74, 6) is 1.75. The van der Waals surface area contributed by atoms with E-state index in [0.29, 0.717) is 31.9 Å². The number of unbranched alkanes of at least 4 members (excludes halogenated alkanes) is 3. The molecule has 39 heavy (non-hydrogen) atoms. The van der Waals surface area contributed by atoms with Gasteiger partial charge < -0.3 is 24.2 Å². The largest absolute Gasteiger partial charge is 0.494 e.